The lowest BCUT2D eigenvalue weighted by molar-refractivity contribution is -0.128. The van der Waals surface area contributed by atoms with Crippen LogP contribution in [0.4, 0.5) is 5.69 Å². The van der Waals surface area contributed by atoms with Crippen LogP contribution < -0.4 is 19.7 Å². The molecule has 0 saturated heterocycles. The smallest absolute Gasteiger partial charge is 0.263 e. The van der Waals surface area contributed by atoms with Gasteiger partial charge < -0.3 is 19.7 Å². The first-order valence-corrected chi connectivity index (χ1v) is 13.3. The van der Waals surface area contributed by atoms with Crippen molar-refractivity contribution in [3.63, 3.8) is 0 Å². The molecule has 3 aromatic rings. The molecule has 3 aromatic carbocycles. The number of carbonyl (C=O) groups is 2. The second-order valence-corrected chi connectivity index (χ2v) is 10.5. The van der Waals surface area contributed by atoms with Crippen LogP contribution in [0.5, 0.6) is 11.5 Å². The number of benzene rings is 3. The Kier molecular flexibility index (Phi) is 8.10. The maximum atomic E-state index is 13.3. The number of likely N-dealkylation sites (N-methyl/N-ethyl adjacent to an activating group) is 1. The van der Waals surface area contributed by atoms with Gasteiger partial charge in [-0.25, -0.2) is 8.42 Å². The van der Waals surface area contributed by atoms with Crippen molar-refractivity contribution in [1.82, 2.24) is 9.62 Å². The van der Waals surface area contributed by atoms with Crippen molar-refractivity contribution in [1.29, 1.82) is 0 Å². The lowest BCUT2D eigenvalue weighted by atomic mass is 10.1. The van der Waals surface area contributed by atoms with E-state index in [0.717, 1.165) is 9.87 Å². The van der Waals surface area contributed by atoms with E-state index in [0.29, 0.717) is 30.3 Å². The van der Waals surface area contributed by atoms with E-state index in [1.807, 2.05) is 37.3 Å². The van der Waals surface area contributed by atoms with Crippen molar-refractivity contribution < 1.29 is 27.5 Å². The Morgan fingerprint density at radius 3 is 2.41 bits per heavy atom. The topological polar surface area (TPSA) is 105 Å². The van der Waals surface area contributed by atoms with E-state index in [-0.39, 0.29) is 17.3 Å². The number of para-hydroxylation sites is 2. The van der Waals surface area contributed by atoms with Crippen molar-refractivity contribution in [3.8, 4) is 11.5 Å². The van der Waals surface area contributed by atoms with Gasteiger partial charge in [0.25, 0.3) is 5.91 Å². The Hall–Kier alpha value is -3.89. The molecular formula is C27H29N3O6S. The molecule has 4 rings (SSSR count). The number of fused-ring (bicyclic) bond motifs is 1. The summed E-state index contributed by atoms with van der Waals surface area (Å²) < 4.78 is 38.4. The summed E-state index contributed by atoms with van der Waals surface area (Å²) >= 11 is 0. The van der Waals surface area contributed by atoms with Gasteiger partial charge in [-0.2, -0.15) is 4.31 Å². The molecule has 2 amide bonds. The van der Waals surface area contributed by atoms with Gasteiger partial charge in [-0.15, -0.1) is 0 Å². The number of ether oxygens (including phenoxy) is 2. The molecule has 9 nitrogen and oxygen atoms in total. The Bertz CT molecular complexity index is 1350. The molecule has 0 fully saturated rings. The van der Waals surface area contributed by atoms with Crippen LogP contribution in [0.25, 0.3) is 0 Å². The summed E-state index contributed by atoms with van der Waals surface area (Å²) in [5.41, 5.74) is 1.41. The Morgan fingerprint density at radius 1 is 1.03 bits per heavy atom. The third-order valence-corrected chi connectivity index (χ3v) is 7.70. The zero-order valence-corrected chi connectivity index (χ0v) is 21.5. The SMILES string of the molecule is CCOc1ccc(S(=O)(=O)N(C)CC(=O)N2C[C@H](C(=O)NCc3ccccc3)Oc3ccccc32)cc1. The number of nitrogens with zero attached hydrogens (tertiary/aromatic N) is 2. The van der Waals surface area contributed by atoms with Crippen molar-refractivity contribution in [2.45, 2.75) is 24.5 Å². The van der Waals surface area contributed by atoms with Crippen LogP contribution in [-0.4, -0.2) is 57.4 Å². The summed E-state index contributed by atoms with van der Waals surface area (Å²) in [6, 6.07) is 22.3. The summed E-state index contributed by atoms with van der Waals surface area (Å²) in [6.45, 7) is 2.16. The predicted molar refractivity (Wildman–Crippen MR) is 139 cm³/mol. The Morgan fingerprint density at radius 2 is 1.70 bits per heavy atom. The molecule has 0 spiro atoms. The second-order valence-electron chi connectivity index (χ2n) is 8.45. The monoisotopic (exact) mass is 523 g/mol. The van der Waals surface area contributed by atoms with E-state index in [9.17, 15) is 18.0 Å². The first-order chi connectivity index (χ1) is 17.8. The lowest BCUT2D eigenvalue weighted by Gasteiger charge is -2.35. The molecule has 0 aliphatic carbocycles. The molecule has 0 bridgehead atoms. The summed E-state index contributed by atoms with van der Waals surface area (Å²) in [4.78, 5) is 27.7. The van der Waals surface area contributed by atoms with E-state index >= 15 is 0 Å². The average molecular weight is 524 g/mol. The van der Waals surface area contributed by atoms with Gasteiger partial charge in [0, 0.05) is 13.6 Å². The van der Waals surface area contributed by atoms with Gasteiger partial charge in [-0.1, -0.05) is 42.5 Å². The van der Waals surface area contributed by atoms with Crippen LogP contribution in [-0.2, 0) is 26.2 Å². The summed E-state index contributed by atoms with van der Waals surface area (Å²) in [5.74, 6) is 0.0841. The highest BCUT2D eigenvalue weighted by Gasteiger charge is 2.35. The first-order valence-electron chi connectivity index (χ1n) is 11.9. The number of carbonyl (C=O) groups excluding carboxylic acids is 2. The molecule has 1 N–H and O–H groups in total. The van der Waals surface area contributed by atoms with Gasteiger partial charge in [-0.05, 0) is 48.9 Å². The summed E-state index contributed by atoms with van der Waals surface area (Å²) in [6.07, 6.45) is -0.949. The minimum atomic E-state index is -3.93. The van der Waals surface area contributed by atoms with Crippen molar-refractivity contribution >= 4 is 27.5 Å². The van der Waals surface area contributed by atoms with Gasteiger partial charge in [0.2, 0.25) is 15.9 Å². The number of anilines is 1. The normalized spacial score (nSPS) is 15.0. The van der Waals surface area contributed by atoms with Gasteiger partial charge in [0.1, 0.15) is 11.5 Å². The average Bonchev–Trinajstić information content (AvgIpc) is 2.92. The molecule has 1 heterocycles. The highest BCUT2D eigenvalue weighted by Crippen LogP contribution is 2.33. The molecule has 194 valence electrons. The summed E-state index contributed by atoms with van der Waals surface area (Å²) in [7, 11) is -2.58. The van der Waals surface area contributed by atoms with E-state index in [1.54, 1.807) is 36.4 Å². The first kappa shape index (κ1) is 26.2. The van der Waals surface area contributed by atoms with Crippen LogP contribution in [0.1, 0.15) is 12.5 Å². The third kappa shape index (κ3) is 6.10. The minimum absolute atomic E-state index is 0.0480. The number of amides is 2. The number of sulfonamides is 1. The molecule has 1 atom stereocenters. The molecule has 0 aromatic heterocycles. The van der Waals surface area contributed by atoms with Crippen LogP contribution in [0.15, 0.2) is 83.8 Å². The van der Waals surface area contributed by atoms with Crippen molar-refractivity contribution in [2.75, 3.05) is 31.6 Å². The standard InChI is InChI=1S/C27H29N3O6S/c1-3-35-21-13-15-22(16-14-21)37(33,34)29(2)19-26(31)30-18-25(36-24-12-8-7-11-23(24)30)27(32)28-17-20-9-5-4-6-10-20/h4-16,25H,3,17-19H2,1-2H3,(H,28,32)/t25-/m1/s1. The Balaban J connectivity index is 1.47. The quantitative estimate of drug-likeness (QED) is 0.463. The highest BCUT2D eigenvalue weighted by molar-refractivity contribution is 7.89. The maximum absolute atomic E-state index is 13.3. The van der Waals surface area contributed by atoms with E-state index < -0.39 is 28.6 Å². The molecule has 10 heteroatoms. The van der Waals surface area contributed by atoms with E-state index in [2.05, 4.69) is 5.32 Å². The van der Waals surface area contributed by atoms with Crippen molar-refractivity contribution in [3.05, 3.63) is 84.4 Å². The molecule has 37 heavy (non-hydrogen) atoms. The molecule has 0 unspecified atom stereocenters. The second kappa shape index (κ2) is 11.4. The largest absolute Gasteiger partial charge is 0.494 e. The van der Waals surface area contributed by atoms with Crippen LogP contribution in [0.2, 0.25) is 0 Å². The number of nitrogens with one attached hydrogen (secondary N) is 1. The van der Waals surface area contributed by atoms with Crippen LogP contribution in [0.3, 0.4) is 0 Å². The fourth-order valence-electron chi connectivity index (χ4n) is 3.92. The Labute approximate surface area is 216 Å². The minimum Gasteiger partial charge on any atom is -0.494 e. The van der Waals surface area contributed by atoms with Gasteiger partial charge in [0.05, 0.1) is 30.3 Å². The van der Waals surface area contributed by atoms with Crippen LogP contribution >= 0.6 is 0 Å². The van der Waals surface area contributed by atoms with Gasteiger partial charge in [0.15, 0.2) is 6.10 Å². The number of rotatable bonds is 9. The maximum Gasteiger partial charge on any atom is 0.263 e. The number of hydrogen-bond acceptors (Lipinski definition) is 6. The third-order valence-electron chi connectivity index (χ3n) is 5.88. The van der Waals surface area contributed by atoms with Gasteiger partial charge in [-0.3, -0.25) is 9.59 Å². The molecular weight excluding hydrogens is 494 g/mol. The van der Waals surface area contributed by atoms with Gasteiger partial charge >= 0.3 is 0 Å². The zero-order chi connectivity index (χ0) is 26.4. The predicted octanol–water partition coefficient (Wildman–Crippen LogP) is 2.82. The molecule has 0 saturated carbocycles. The van der Waals surface area contributed by atoms with Crippen LogP contribution in [0, 0.1) is 0 Å². The zero-order valence-electron chi connectivity index (χ0n) is 20.7. The molecule has 1 aliphatic rings. The van der Waals surface area contributed by atoms with E-state index in [4.69, 9.17) is 9.47 Å². The summed E-state index contributed by atoms with van der Waals surface area (Å²) in [5, 5.41) is 2.84. The molecule has 0 radical (unpaired) electrons. The number of hydrogen-bond donors (Lipinski definition) is 1. The van der Waals surface area contributed by atoms with E-state index in [1.165, 1.54) is 24.1 Å². The highest BCUT2D eigenvalue weighted by atomic mass is 32.2. The molecule has 1 aliphatic heterocycles. The fourth-order valence-corrected chi connectivity index (χ4v) is 5.04. The lowest BCUT2D eigenvalue weighted by Crippen LogP contribution is -2.52. The van der Waals surface area contributed by atoms with Crippen molar-refractivity contribution in [2.24, 2.45) is 0 Å². The fraction of sp³-hybridized carbons (Fsp3) is 0.259.